The van der Waals surface area contributed by atoms with Crippen LogP contribution in [0, 0.1) is 6.92 Å². The van der Waals surface area contributed by atoms with Gasteiger partial charge in [0.05, 0.1) is 12.7 Å². The number of hydrogen-bond donors (Lipinski definition) is 5. The second-order valence-corrected chi connectivity index (χ2v) is 6.48. The van der Waals surface area contributed by atoms with Gasteiger partial charge in [-0.15, -0.1) is 0 Å². The van der Waals surface area contributed by atoms with Crippen molar-refractivity contribution in [3.63, 3.8) is 0 Å². The van der Waals surface area contributed by atoms with E-state index in [1.54, 1.807) is 0 Å². The van der Waals surface area contributed by atoms with Crippen LogP contribution in [0.4, 0.5) is 0 Å². The molecule has 1 aromatic carbocycles. The van der Waals surface area contributed by atoms with Crippen molar-refractivity contribution in [2.24, 2.45) is 0 Å². The molecule has 4 atom stereocenters. The Hall–Kier alpha value is -2.26. The molecule has 0 radical (unpaired) electrons. The normalized spacial score (nSPS) is 31.7. The lowest BCUT2D eigenvalue weighted by molar-refractivity contribution is -0.158. The number of methoxy groups -OCH3 is 1. The number of aliphatic hydroxyl groups is 4. The van der Waals surface area contributed by atoms with Crippen molar-refractivity contribution < 1.29 is 39.9 Å². The van der Waals surface area contributed by atoms with E-state index in [0.717, 1.165) is 6.92 Å². The van der Waals surface area contributed by atoms with Gasteiger partial charge in [0.25, 0.3) is 0 Å². The highest BCUT2D eigenvalue weighted by molar-refractivity contribution is 6.29. The van der Waals surface area contributed by atoms with E-state index in [0.29, 0.717) is 0 Å². The second-order valence-electron chi connectivity index (χ2n) is 6.48. The van der Waals surface area contributed by atoms with Gasteiger partial charge in [-0.25, -0.2) is 0 Å². The molecule has 0 spiro atoms. The zero-order valence-corrected chi connectivity index (χ0v) is 13.8. The van der Waals surface area contributed by atoms with E-state index in [2.05, 4.69) is 0 Å². The van der Waals surface area contributed by atoms with Crippen LogP contribution >= 0.6 is 0 Å². The standard InChI is InChI=1S/C17H18O8/c1-5-7(25-3)4-6(18)9-8(5)12(19)11-10(13(9)20)14(21)16(23)17(2,24)15(11)22/h4,14-16,18,21-24H,1-3H3/t14-,15+,16+,17-/m0/s1. The Balaban J connectivity index is 2.35. The maximum Gasteiger partial charge on any atom is 0.196 e. The summed E-state index contributed by atoms with van der Waals surface area (Å²) in [7, 11) is 1.33. The summed E-state index contributed by atoms with van der Waals surface area (Å²) in [5, 5.41) is 51.1. The van der Waals surface area contributed by atoms with Gasteiger partial charge in [0, 0.05) is 28.3 Å². The molecule has 2 aliphatic carbocycles. The van der Waals surface area contributed by atoms with Crippen LogP contribution in [0.2, 0.25) is 0 Å². The molecule has 5 N–H and O–H groups in total. The second kappa shape index (κ2) is 5.37. The van der Waals surface area contributed by atoms with E-state index in [1.165, 1.54) is 20.1 Å². The maximum atomic E-state index is 12.9. The van der Waals surface area contributed by atoms with Crippen molar-refractivity contribution in [2.45, 2.75) is 37.8 Å². The third kappa shape index (κ3) is 2.09. The van der Waals surface area contributed by atoms with Crippen molar-refractivity contribution in [1.82, 2.24) is 0 Å². The number of carbonyl (C=O) groups is 2. The van der Waals surface area contributed by atoms with Gasteiger partial charge in [0.2, 0.25) is 0 Å². The smallest absolute Gasteiger partial charge is 0.196 e. The van der Waals surface area contributed by atoms with Crippen molar-refractivity contribution in [3.8, 4) is 11.5 Å². The van der Waals surface area contributed by atoms with Crippen LogP contribution in [0.25, 0.3) is 0 Å². The van der Waals surface area contributed by atoms with E-state index >= 15 is 0 Å². The molecular formula is C17H18O8. The molecule has 0 aromatic heterocycles. The lowest BCUT2D eigenvalue weighted by Crippen LogP contribution is -2.61. The van der Waals surface area contributed by atoms with Crippen LogP contribution in [0.5, 0.6) is 11.5 Å². The van der Waals surface area contributed by atoms with Crippen molar-refractivity contribution >= 4 is 11.6 Å². The number of fused-ring (bicyclic) bond motifs is 1. The molecule has 2 aliphatic rings. The molecule has 0 fully saturated rings. The molecule has 1 aromatic rings. The number of ketones is 2. The Morgan fingerprint density at radius 1 is 1.08 bits per heavy atom. The predicted octanol–water partition coefficient (Wildman–Crippen LogP) is -0.768. The molecule has 8 heteroatoms. The summed E-state index contributed by atoms with van der Waals surface area (Å²) >= 11 is 0. The van der Waals surface area contributed by atoms with E-state index in [1.807, 2.05) is 0 Å². The fourth-order valence-corrected chi connectivity index (χ4v) is 3.48. The average molecular weight is 350 g/mol. The van der Waals surface area contributed by atoms with Gasteiger partial charge in [-0.1, -0.05) is 0 Å². The van der Waals surface area contributed by atoms with Gasteiger partial charge in [0.15, 0.2) is 11.6 Å². The fourth-order valence-electron chi connectivity index (χ4n) is 3.48. The summed E-state index contributed by atoms with van der Waals surface area (Å²) in [6.45, 7) is 2.56. The first-order chi connectivity index (χ1) is 11.6. The topological polar surface area (TPSA) is 145 Å². The van der Waals surface area contributed by atoms with Gasteiger partial charge in [-0.3, -0.25) is 9.59 Å². The number of phenols is 1. The lowest BCUT2D eigenvalue weighted by atomic mass is 9.67. The largest absolute Gasteiger partial charge is 0.507 e. The van der Waals surface area contributed by atoms with Crippen LogP contribution < -0.4 is 4.74 Å². The number of phenolic OH excluding ortho intramolecular Hbond substituents is 1. The lowest BCUT2D eigenvalue weighted by Gasteiger charge is -2.44. The van der Waals surface area contributed by atoms with Crippen LogP contribution in [-0.4, -0.2) is 68.1 Å². The van der Waals surface area contributed by atoms with E-state index in [-0.39, 0.29) is 22.4 Å². The zero-order chi connectivity index (χ0) is 18.8. The molecule has 134 valence electrons. The SMILES string of the molecule is COc1cc(O)c2c(c1C)C(=O)C1=C(C2=O)[C@H](O)[C@@H](O)[C@@](C)(O)[C@@H]1O. The third-order valence-electron chi connectivity index (χ3n) is 4.99. The summed E-state index contributed by atoms with van der Waals surface area (Å²) in [5.74, 6) is -2.07. The summed E-state index contributed by atoms with van der Waals surface area (Å²) in [6.07, 6.45) is -5.67. The maximum absolute atomic E-state index is 12.9. The van der Waals surface area contributed by atoms with Gasteiger partial charge < -0.3 is 30.3 Å². The quantitative estimate of drug-likeness (QED) is 0.444. The van der Waals surface area contributed by atoms with Crippen molar-refractivity contribution in [1.29, 1.82) is 0 Å². The number of carbonyl (C=O) groups excluding carboxylic acids is 2. The fraction of sp³-hybridized carbons (Fsp3) is 0.412. The number of benzene rings is 1. The minimum Gasteiger partial charge on any atom is -0.507 e. The molecule has 3 rings (SSSR count). The van der Waals surface area contributed by atoms with Crippen LogP contribution in [0.15, 0.2) is 17.2 Å². The highest BCUT2D eigenvalue weighted by Crippen LogP contribution is 2.44. The van der Waals surface area contributed by atoms with Crippen LogP contribution in [0.3, 0.4) is 0 Å². The first-order valence-electron chi connectivity index (χ1n) is 7.56. The molecule has 0 bridgehead atoms. The Morgan fingerprint density at radius 2 is 1.64 bits per heavy atom. The highest BCUT2D eigenvalue weighted by Gasteiger charge is 2.55. The van der Waals surface area contributed by atoms with Crippen molar-refractivity contribution in [2.75, 3.05) is 7.11 Å². The molecule has 25 heavy (non-hydrogen) atoms. The van der Waals surface area contributed by atoms with E-state index in [9.17, 15) is 35.1 Å². The number of Topliss-reactive ketones (excluding diaryl/α,β-unsaturated/α-hetero) is 2. The summed E-state index contributed by atoms with van der Waals surface area (Å²) < 4.78 is 5.08. The zero-order valence-electron chi connectivity index (χ0n) is 13.8. The van der Waals surface area contributed by atoms with Crippen molar-refractivity contribution in [3.05, 3.63) is 33.9 Å². The molecule has 8 nitrogen and oxygen atoms in total. The molecule has 0 aliphatic heterocycles. The molecule has 0 heterocycles. The monoisotopic (exact) mass is 350 g/mol. The number of aliphatic hydroxyl groups excluding tert-OH is 3. The van der Waals surface area contributed by atoms with Crippen LogP contribution in [-0.2, 0) is 0 Å². The van der Waals surface area contributed by atoms with Gasteiger partial charge in [0.1, 0.15) is 35.4 Å². The summed E-state index contributed by atoms with van der Waals surface area (Å²) in [5.41, 5.74) is -3.48. The summed E-state index contributed by atoms with van der Waals surface area (Å²) in [4.78, 5) is 25.8. The van der Waals surface area contributed by atoms with E-state index < -0.39 is 52.4 Å². The number of ether oxygens (including phenoxy) is 1. The van der Waals surface area contributed by atoms with Gasteiger partial charge in [-0.05, 0) is 13.8 Å². The Morgan fingerprint density at radius 3 is 2.20 bits per heavy atom. The Labute approximate surface area is 142 Å². The molecular weight excluding hydrogens is 332 g/mol. The molecule has 0 unspecified atom stereocenters. The molecule has 0 amide bonds. The average Bonchev–Trinajstić information content (AvgIpc) is 2.56. The van der Waals surface area contributed by atoms with Gasteiger partial charge in [-0.2, -0.15) is 0 Å². The van der Waals surface area contributed by atoms with E-state index in [4.69, 9.17) is 4.74 Å². The third-order valence-corrected chi connectivity index (χ3v) is 4.99. The molecule has 0 saturated heterocycles. The Bertz CT molecular complexity index is 836. The minimum absolute atomic E-state index is 0.166. The predicted molar refractivity (Wildman–Crippen MR) is 83.7 cm³/mol. The number of hydrogen-bond acceptors (Lipinski definition) is 8. The first kappa shape index (κ1) is 17.6. The number of aromatic hydroxyl groups is 1. The first-order valence-corrected chi connectivity index (χ1v) is 7.56. The summed E-state index contributed by atoms with van der Waals surface area (Å²) in [6, 6.07) is 1.17. The molecule has 0 saturated carbocycles. The highest BCUT2D eigenvalue weighted by atomic mass is 16.5. The van der Waals surface area contributed by atoms with Gasteiger partial charge >= 0.3 is 0 Å². The number of rotatable bonds is 1. The van der Waals surface area contributed by atoms with Crippen LogP contribution in [0.1, 0.15) is 33.2 Å². The Kier molecular flexibility index (Phi) is 3.77. The minimum atomic E-state index is -2.24.